The molecule has 0 radical (unpaired) electrons. The van der Waals surface area contributed by atoms with E-state index in [4.69, 9.17) is 0 Å². The Bertz CT molecular complexity index is 768. The van der Waals surface area contributed by atoms with Crippen LogP contribution in [0.4, 0.5) is 11.4 Å². The molecule has 0 aliphatic carbocycles. The van der Waals surface area contributed by atoms with Gasteiger partial charge in [0.05, 0.1) is 10.6 Å². The molecule has 116 valence electrons. The predicted molar refractivity (Wildman–Crippen MR) is 87.4 cm³/mol. The minimum absolute atomic E-state index is 0.203. The van der Waals surface area contributed by atoms with Crippen molar-refractivity contribution in [3.8, 4) is 0 Å². The summed E-state index contributed by atoms with van der Waals surface area (Å²) < 4.78 is 27.2. The molecule has 2 N–H and O–H groups in total. The fraction of sp³-hybridized carbons (Fsp3) is 0.188. The van der Waals surface area contributed by atoms with Gasteiger partial charge >= 0.3 is 0 Å². The number of anilines is 2. The average molecular weight is 318 g/mol. The summed E-state index contributed by atoms with van der Waals surface area (Å²) in [5, 5.41) is 2.61. The lowest BCUT2D eigenvalue weighted by Crippen LogP contribution is -2.13. The number of nitrogens with one attached hydrogen (secondary N) is 2. The molecule has 2 aromatic carbocycles. The van der Waals surface area contributed by atoms with Crippen LogP contribution >= 0.6 is 0 Å². The van der Waals surface area contributed by atoms with Crippen LogP contribution < -0.4 is 10.0 Å². The number of aryl methyl sites for hydroxylation is 1. The second kappa shape index (κ2) is 6.62. The Hall–Kier alpha value is -2.34. The summed E-state index contributed by atoms with van der Waals surface area (Å²) in [6, 6.07) is 13.3. The van der Waals surface area contributed by atoms with Crippen LogP contribution in [-0.4, -0.2) is 14.3 Å². The molecule has 0 aliphatic rings. The topological polar surface area (TPSA) is 75.3 Å². The molecular formula is C16H18N2O3S. The molecular weight excluding hydrogens is 300 g/mol. The van der Waals surface area contributed by atoms with E-state index in [9.17, 15) is 13.2 Å². The summed E-state index contributed by atoms with van der Waals surface area (Å²) in [5.41, 5.74) is 2.01. The van der Waals surface area contributed by atoms with Crippen molar-refractivity contribution < 1.29 is 13.2 Å². The van der Waals surface area contributed by atoms with Crippen LogP contribution in [-0.2, 0) is 21.2 Å². The van der Waals surface area contributed by atoms with E-state index < -0.39 is 10.0 Å². The Labute approximate surface area is 130 Å². The molecule has 0 unspecified atom stereocenters. The molecule has 6 heteroatoms. The van der Waals surface area contributed by atoms with Gasteiger partial charge in [-0.25, -0.2) is 8.42 Å². The van der Waals surface area contributed by atoms with Gasteiger partial charge in [0.1, 0.15) is 0 Å². The van der Waals surface area contributed by atoms with E-state index in [0.29, 0.717) is 11.4 Å². The van der Waals surface area contributed by atoms with Crippen molar-refractivity contribution in [3.63, 3.8) is 0 Å². The maximum absolute atomic E-state index is 12.3. The molecule has 1 amide bonds. The van der Waals surface area contributed by atoms with Gasteiger partial charge in [-0.2, -0.15) is 0 Å². The third kappa shape index (κ3) is 4.08. The van der Waals surface area contributed by atoms with Crippen molar-refractivity contribution in [2.24, 2.45) is 0 Å². The van der Waals surface area contributed by atoms with Crippen molar-refractivity contribution in [1.82, 2.24) is 0 Å². The van der Waals surface area contributed by atoms with Crippen LogP contribution in [0.25, 0.3) is 0 Å². The van der Waals surface area contributed by atoms with Gasteiger partial charge in [-0.3, -0.25) is 9.52 Å². The van der Waals surface area contributed by atoms with Crippen molar-refractivity contribution in [1.29, 1.82) is 0 Å². The Morgan fingerprint density at radius 1 is 1.05 bits per heavy atom. The highest BCUT2D eigenvalue weighted by Gasteiger charge is 2.14. The SMILES string of the molecule is CCc1ccc(S(=O)(=O)Nc2cccc(NC(C)=O)c2)cc1. The number of rotatable bonds is 5. The Morgan fingerprint density at radius 3 is 2.27 bits per heavy atom. The molecule has 0 spiro atoms. The number of hydrogen-bond donors (Lipinski definition) is 2. The first-order valence-electron chi connectivity index (χ1n) is 6.90. The minimum Gasteiger partial charge on any atom is -0.326 e. The number of carbonyl (C=O) groups is 1. The molecule has 0 bridgehead atoms. The van der Waals surface area contributed by atoms with Gasteiger partial charge < -0.3 is 5.32 Å². The molecule has 0 saturated carbocycles. The lowest BCUT2D eigenvalue weighted by Gasteiger charge is -2.10. The van der Waals surface area contributed by atoms with Gasteiger partial charge in [0.25, 0.3) is 10.0 Å². The first kappa shape index (κ1) is 16.0. The van der Waals surface area contributed by atoms with Crippen LogP contribution in [0.5, 0.6) is 0 Å². The summed E-state index contributed by atoms with van der Waals surface area (Å²) in [6.07, 6.45) is 0.854. The van der Waals surface area contributed by atoms with Gasteiger partial charge in [0.15, 0.2) is 0 Å². The van der Waals surface area contributed by atoms with Crippen LogP contribution in [0.1, 0.15) is 19.4 Å². The lowest BCUT2D eigenvalue weighted by molar-refractivity contribution is -0.114. The number of carbonyl (C=O) groups excluding carboxylic acids is 1. The quantitative estimate of drug-likeness (QED) is 0.890. The second-order valence-corrected chi connectivity index (χ2v) is 6.55. The smallest absolute Gasteiger partial charge is 0.261 e. The van der Waals surface area contributed by atoms with Crippen molar-refractivity contribution in [3.05, 3.63) is 54.1 Å². The third-order valence-corrected chi connectivity index (χ3v) is 4.47. The number of benzene rings is 2. The van der Waals surface area contributed by atoms with Crippen LogP contribution in [0.2, 0.25) is 0 Å². The summed E-state index contributed by atoms with van der Waals surface area (Å²) in [4.78, 5) is 11.2. The van der Waals surface area contributed by atoms with Gasteiger partial charge in [0.2, 0.25) is 5.91 Å². The van der Waals surface area contributed by atoms with Gasteiger partial charge in [0, 0.05) is 12.6 Å². The first-order valence-corrected chi connectivity index (χ1v) is 8.38. The molecule has 22 heavy (non-hydrogen) atoms. The van der Waals surface area contributed by atoms with E-state index in [1.54, 1.807) is 48.5 Å². The van der Waals surface area contributed by atoms with Gasteiger partial charge in [-0.1, -0.05) is 25.1 Å². The Kier molecular flexibility index (Phi) is 4.82. The fourth-order valence-corrected chi connectivity index (χ4v) is 3.03. The van der Waals surface area contributed by atoms with Gasteiger partial charge in [-0.15, -0.1) is 0 Å². The average Bonchev–Trinajstić information content (AvgIpc) is 2.46. The maximum atomic E-state index is 12.3. The molecule has 0 heterocycles. The molecule has 0 saturated heterocycles. The summed E-state index contributed by atoms with van der Waals surface area (Å²) in [5.74, 6) is -0.213. The molecule has 5 nitrogen and oxygen atoms in total. The van der Waals surface area contributed by atoms with E-state index in [1.807, 2.05) is 6.92 Å². The highest BCUT2D eigenvalue weighted by atomic mass is 32.2. The largest absolute Gasteiger partial charge is 0.326 e. The normalized spacial score (nSPS) is 11.0. The van der Waals surface area contributed by atoms with E-state index >= 15 is 0 Å². The highest BCUT2D eigenvalue weighted by Crippen LogP contribution is 2.20. The Balaban J connectivity index is 2.22. The summed E-state index contributed by atoms with van der Waals surface area (Å²) >= 11 is 0. The molecule has 2 rings (SSSR count). The molecule has 2 aromatic rings. The number of sulfonamides is 1. The number of amides is 1. The van der Waals surface area contributed by atoms with E-state index in [0.717, 1.165) is 12.0 Å². The van der Waals surface area contributed by atoms with Crippen molar-refractivity contribution in [2.75, 3.05) is 10.0 Å². The summed E-state index contributed by atoms with van der Waals surface area (Å²) in [6.45, 7) is 3.40. The van der Waals surface area contributed by atoms with E-state index in [2.05, 4.69) is 10.0 Å². The zero-order chi connectivity index (χ0) is 16.2. The zero-order valence-corrected chi connectivity index (χ0v) is 13.3. The molecule has 0 fully saturated rings. The fourth-order valence-electron chi connectivity index (χ4n) is 1.98. The van der Waals surface area contributed by atoms with Gasteiger partial charge in [-0.05, 0) is 42.3 Å². The third-order valence-electron chi connectivity index (χ3n) is 3.08. The minimum atomic E-state index is -3.65. The van der Waals surface area contributed by atoms with Crippen molar-refractivity contribution in [2.45, 2.75) is 25.2 Å². The first-order chi connectivity index (χ1) is 10.4. The Morgan fingerprint density at radius 2 is 1.68 bits per heavy atom. The maximum Gasteiger partial charge on any atom is 0.261 e. The van der Waals surface area contributed by atoms with Crippen LogP contribution in [0.3, 0.4) is 0 Å². The van der Waals surface area contributed by atoms with E-state index in [-0.39, 0.29) is 10.8 Å². The summed E-state index contributed by atoms with van der Waals surface area (Å²) in [7, 11) is -3.65. The van der Waals surface area contributed by atoms with E-state index in [1.165, 1.54) is 6.92 Å². The lowest BCUT2D eigenvalue weighted by atomic mass is 10.2. The van der Waals surface area contributed by atoms with Crippen LogP contribution in [0, 0.1) is 0 Å². The van der Waals surface area contributed by atoms with Crippen LogP contribution in [0.15, 0.2) is 53.4 Å². The highest BCUT2D eigenvalue weighted by molar-refractivity contribution is 7.92. The molecule has 0 aliphatic heterocycles. The molecule has 0 aromatic heterocycles. The molecule has 0 atom stereocenters. The monoisotopic (exact) mass is 318 g/mol. The second-order valence-electron chi connectivity index (χ2n) is 4.86. The van der Waals surface area contributed by atoms with Crippen molar-refractivity contribution >= 4 is 27.3 Å². The number of hydrogen-bond acceptors (Lipinski definition) is 3. The standard InChI is InChI=1S/C16H18N2O3S/c1-3-13-7-9-16(10-8-13)22(20,21)18-15-6-4-5-14(11-15)17-12(2)19/h4-11,18H,3H2,1-2H3,(H,17,19). The predicted octanol–water partition coefficient (Wildman–Crippen LogP) is 3.01. The zero-order valence-electron chi connectivity index (χ0n) is 12.5.